The Balaban J connectivity index is 2.36. The van der Waals surface area contributed by atoms with Crippen LogP contribution in [0.3, 0.4) is 0 Å². The molecule has 0 saturated heterocycles. The summed E-state index contributed by atoms with van der Waals surface area (Å²) >= 11 is 0. The van der Waals surface area contributed by atoms with Crippen LogP contribution in [0.15, 0.2) is 60.5 Å². The lowest BCUT2D eigenvalue weighted by atomic mass is 10.1. The van der Waals surface area contributed by atoms with E-state index in [1.807, 2.05) is 44.2 Å². The summed E-state index contributed by atoms with van der Waals surface area (Å²) in [6.45, 7) is 7.49. The molecule has 1 aromatic carbocycles. The van der Waals surface area contributed by atoms with Gasteiger partial charge >= 0.3 is 6.03 Å². The Hall–Kier alpha value is -2.36. The number of aryl methyl sites for hydroxylation is 1. The maximum absolute atomic E-state index is 12.5. The monoisotopic (exact) mass is 288 g/mol. The molecule has 0 radical (unpaired) electrons. The molecule has 3 nitrogen and oxygen atoms in total. The number of benzene rings is 1. The first-order valence-corrected chi connectivity index (χ1v) is 6.80. The Labute approximate surface area is 125 Å². The number of amides is 2. The van der Waals surface area contributed by atoms with Crippen molar-refractivity contribution in [2.75, 3.05) is 11.9 Å². The second-order valence-corrected chi connectivity index (χ2v) is 4.64. The van der Waals surface area contributed by atoms with E-state index in [2.05, 4.69) is 17.2 Å². The molecule has 0 spiro atoms. The molecule has 0 aliphatic heterocycles. The third-order valence-corrected chi connectivity index (χ3v) is 2.86. The average Bonchev–Trinajstić information content (AvgIpc) is 2.45. The molecule has 2 N–H and O–H groups in total. The number of hydrogen-bond acceptors (Lipinski definition) is 1. The maximum Gasteiger partial charge on any atom is 0.319 e. The largest absolute Gasteiger partial charge is 0.338 e. The fraction of sp³-hybridized carbons (Fsp3) is 0.235. The van der Waals surface area contributed by atoms with Crippen LogP contribution in [-0.4, -0.2) is 12.6 Å². The van der Waals surface area contributed by atoms with Gasteiger partial charge in [-0.25, -0.2) is 9.18 Å². The van der Waals surface area contributed by atoms with Crippen LogP contribution in [0, 0.1) is 6.92 Å². The highest BCUT2D eigenvalue weighted by Gasteiger charge is 2.01. The molecule has 1 aromatic rings. The lowest BCUT2D eigenvalue weighted by Crippen LogP contribution is -2.29. The van der Waals surface area contributed by atoms with Crippen LogP contribution in [0.5, 0.6) is 0 Å². The van der Waals surface area contributed by atoms with Gasteiger partial charge in [0.2, 0.25) is 0 Å². The molecule has 0 saturated carbocycles. The molecule has 4 heteroatoms. The molecular formula is C17H21FN2O. The number of halogens is 1. The van der Waals surface area contributed by atoms with Crippen LogP contribution in [-0.2, 0) is 0 Å². The van der Waals surface area contributed by atoms with E-state index in [1.54, 1.807) is 6.08 Å². The summed E-state index contributed by atoms with van der Waals surface area (Å²) in [5.41, 5.74) is 2.82. The van der Waals surface area contributed by atoms with Crippen molar-refractivity contribution < 1.29 is 9.18 Å². The fourth-order valence-corrected chi connectivity index (χ4v) is 1.65. The van der Waals surface area contributed by atoms with Gasteiger partial charge in [0, 0.05) is 12.2 Å². The highest BCUT2D eigenvalue weighted by molar-refractivity contribution is 5.89. The Morgan fingerprint density at radius 1 is 1.29 bits per heavy atom. The number of rotatable bonds is 6. The number of hydrogen-bond donors (Lipinski definition) is 2. The van der Waals surface area contributed by atoms with Crippen LogP contribution < -0.4 is 10.6 Å². The Morgan fingerprint density at radius 2 is 1.95 bits per heavy atom. The number of urea groups is 1. The molecule has 0 aromatic heterocycles. The third kappa shape index (κ3) is 7.11. The molecule has 0 bridgehead atoms. The van der Waals surface area contributed by atoms with Crippen molar-refractivity contribution >= 4 is 11.7 Å². The topological polar surface area (TPSA) is 41.1 Å². The molecule has 21 heavy (non-hydrogen) atoms. The summed E-state index contributed by atoms with van der Waals surface area (Å²) in [6, 6.07) is 7.31. The first-order valence-electron chi connectivity index (χ1n) is 6.80. The number of allylic oxidation sites excluding steroid dienone is 4. The number of anilines is 1. The highest BCUT2D eigenvalue weighted by Crippen LogP contribution is 2.08. The lowest BCUT2D eigenvalue weighted by molar-refractivity contribution is 0.252. The standard InChI is InChI=1S/C17H21FN2O/c1-4-15(8-7-14(3)18)11-12-19-17(21)20-16-9-5-13(2)6-10-16/h4-10H,3,11-12H2,1-2H3,(H2,19,20,21). The smallest absolute Gasteiger partial charge is 0.319 e. The number of nitrogens with one attached hydrogen (secondary N) is 2. The summed E-state index contributed by atoms with van der Waals surface area (Å²) in [4.78, 5) is 11.7. The van der Waals surface area contributed by atoms with E-state index in [-0.39, 0.29) is 6.03 Å². The van der Waals surface area contributed by atoms with E-state index in [1.165, 1.54) is 6.08 Å². The molecule has 0 heterocycles. The summed E-state index contributed by atoms with van der Waals surface area (Å²) in [7, 11) is 0. The number of carbonyl (C=O) groups is 1. The van der Waals surface area contributed by atoms with Gasteiger partial charge in [0.15, 0.2) is 0 Å². The summed E-state index contributed by atoms with van der Waals surface area (Å²) in [5.74, 6) is -0.487. The summed E-state index contributed by atoms with van der Waals surface area (Å²) in [6.07, 6.45) is 5.46. The molecule has 0 aliphatic rings. The van der Waals surface area contributed by atoms with Crippen molar-refractivity contribution in [2.45, 2.75) is 20.3 Å². The van der Waals surface area contributed by atoms with Gasteiger partial charge in [0.05, 0.1) is 0 Å². The maximum atomic E-state index is 12.5. The van der Waals surface area contributed by atoms with Gasteiger partial charge in [-0.05, 0) is 38.5 Å². The van der Waals surface area contributed by atoms with Gasteiger partial charge in [-0.2, -0.15) is 0 Å². The first-order chi connectivity index (χ1) is 10.0. The van der Waals surface area contributed by atoms with Crippen molar-refractivity contribution in [3.63, 3.8) is 0 Å². The minimum absolute atomic E-state index is 0.256. The predicted molar refractivity (Wildman–Crippen MR) is 86.0 cm³/mol. The van der Waals surface area contributed by atoms with Crippen LogP contribution in [0.4, 0.5) is 14.9 Å². The molecular weight excluding hydrogens is 267 g/mol. The molecule has 112 valence electrons. The average molecular weight is 288 g/mol. The molecule has 1 rings (SSSR count). The Kier molecular flexibility index (Phi) is 6.95. The van der Waals surface area contributed by atoms with Crippen molar-refractivity contribution in [3.8, 4) is 0 Å². The Morgan fingerprint density at radius 3 is 2.52 bits per heavy atom. The fourth-order valence-electron chi connectivity index (χ4n) is 1.65. The molecule has 0 aliphatic carbocycles. The third-order valence-electron chi connectivity index (χ3n) is 2.86. The van der Waals surface area contributed by atoms with Crippen LogP contribution >= 0.6 is 0 Å². The lowest BCUT2D eigenvalue weighted by Gasteiger charge is -2.08. The molecule has 2 amide bonds. The minimum atomic E-state index is -0.487. The van der Waals surface area contributed by atoms with Gasteiger partial charge in [-0.1, -0.05) is 42.0 Å². The first kappa shape index (κ1) is 16.7. The number of carbonyl (C=O) groups excluding carboxylic acids is 1. The zero-order valence-corrected chi connectivity index (χ0v) is 12.4. The molecule has 0 atom stereocenters. The van der Waals surface area contributed by atoms with E-state index in [0.717, 1.165) is 16.8 Å². The summed E-state index contributed by atoms with van der Waals surface area (Å²) in [5, 5.41) is 5.51. The normalized spacial score (nSPS) is 11.5. The van der Waals surface area contributed by atoms with Crippen molar-refractivity contribution in [1.82, 2.24) is 5.32 Å². The van der Waals surface area contributed by atoms with Gasteiger partial charge in [0.25, 0.3) is 0 Å². The van der Waals surface area contributed by atoms with E-state index in [0.29, 0.717) is 13.0 Å². The predicted octanol–water partition coefficient (Wildman–Crippen LogP) is 4.49. The zero-order valence-electron chi connectivity index (χ0n) is 12.4. The van der Waals surface area contributed by atoms with Crippen molar-refractivity contribution in [1.29, 1.82) is 0 Å². The van der Waals surface area contributed by atoms with Gasteiger partial charge < -0.3 is 10.6 Å². The van der Waals surface area contributed by atoms with E-state index < -0.39 is 5.83 Å². The second-order valence-electron chi connectivity index (χ2n) is 4.64. The quantitative estimate of drug-likeness (QED) is 0.744. The van der Waals surface area contributed by atoms with Gasteiger partial charge in [-0.15, -0.1) is 0 Å². The molecule has 0 fully saturated rings. The zero-order chi connectivity index (χ0) is 15.7. The van der Waals surface area contributed by atoms with E-state index in [9.17, 15) is 9.18 Å². The summed E-state index contributed by atoms with van der Waals surface area (Å²) < 4.78 is 12.5. The van der Waals surface area contributed by atoms with Gasteiger partial charge in [0.1, 0.15) is 5.83 Å². The van der Waals surface area contributed by atoms with Crippen molar-refractivity contribution in [3.05, 3.63) is 66.0 Å². The highest BCUT2D eigenvalue weighted by atomic mass is 19.1. The van der Waals surface area contributed by atoms with Crippen LogP contribution in [0.1, 0.15) is 18.9 Å². The second kappa shape index (κ2) is 8.74. The Bertz CT molecular complexity index is 544. The van der Waals surface area contributed by atoms with Gasteiger partial charge in [-0.3, -0.25) is 0 Å². The SMILES string of the molecule is C=C(F)C=CC(=CC)CCNC(=O)Nc1ccc(C)cc1. The van der Waals surface area contributed by atoms with E-state index >= 15 is 0 Å². The van der Waals surface area contributed by atoms with E-state index in [4.69, 9.17) is 0 Å². The van der Waals surface area contributed by atoms with Crippen LogP contribution in [0.25, 0.3) is 0 Å². The van der Waals surface area contributed by atoms with Crippen molar-refractivity contribution in [2.24, 2.45) is 0 Å². The van der Waals surface area contributed by atoms with Crippen LogP contribution in [0.2, 0.25) is 0 Å². The minimum Gasteiger partial charge on any atom is -0.338 e. The molecule has 0 unspecified atom stereocenters.